The Hall–Kier alpha value is -2.81. The molecular weight excluding hydrogens is 479 g/mol. The van der Waals surface area contributed by atoms with Crippen LogP contribution in [0.5, 0.6) is 5.75 Å². The quantitative estimate of drug-likeness (QED) is 0.441. The molecule has 0 radical (unpaired) electrons. The summed E-state index contributed by atoms with van der Waals surface area (Å²) < 4.78 is 53.1. The second kappa shape index (κ2) is 10.0. The molecular formula is C26H27ClF3N3O2. The van der Waals surface area contributed by atoms with Crippen LogP contribution in [0.2, 0.25) is 0 Å². The predicted octanol–water partition coefficient (Wildman–Crippen LogP) is 5.77. The van der Waals surface area contributed by atoms with Gasteiger partial charge in [0, 0.05) is 36.7 Å². The highest BCUT2D eigenvalue weighted by molar-refractivity contribution is 5.85. The molecule has 1 aromatic heterocycles. The highest BCUT2D eigenvalue weighted by atomic mass is 35.5. The zero-order valence-electron chi connectivity index (χ0n) is 19.3. The van der Waals surface area contributed by atoms with E-state index >= 15 is 0 Å². The number of aromatic nitrogens is 2. The lowest BCUT2D eigenvalue weighted by Gasteiger charge is -2.38. The first-order valence-corrected chi connectivity index (χ1v) is 11.3. The van der Waals surface area contributed by atoms with Crippen LogP contribution < -0.4 is 4.74 Å². The van der Waals surface area contributed by atoms with E-state index in [1.54, 1.807) is 25.3 Å². The number of halogens is 4. The smallest absolute Gasteiger partial charge is 0.450 e. The summed E-state index contributed by atoms with van der Waals surface area (Å²) in [5, 5.41) is 0. The van der Waals surface area contributed by atoms with Crippen LogP contribution in [-0.4, -0.2) is 46.9 Å². The first-order valence-electron chi connectivity index (χ1n) is 11.3. The molecule has 35 heavy (non-hydrogen) atoms. The standard InChI is InChI=1S/C26H26F3N3O2.ClH/c1-33-23-9-8-21(32-13-11-30-24(32)26(27,28)29)14-22(23)20-15-25(34-17-20)10-5-12-31(18-25)16-19-6-3-2-4-7-19;/h2-4,6-9,11,13-15H,5,10,12,16-18H2,1H3;1H. The van der Waals surface area contributed by atoms with Crippen molar-refractivity contribution in [1.82, 2.24) is 14.5 Å². The maximum absolute atomic E-state index is 13.4. The largest absolute Gasteiger partial charge is 0.496 e. The van der Waals surface area contributed by atoms with Crippen molar-refractivity contribution in [3.05, 3.63) is 84.0 Å². The molecule has 1 spiro atoms. The molecule has 2 aromatic carbocycles. The number of alkyl halides is 3. The van der Waals surface area contributed by atoms with Gasteiger partial charge in [-0.25, -0.2) is 4.98 Å². The molecule has 1 saturated heterocycles. The van der Waals surface area contributed by atoms with Crippen molar-refractivity contribution in [1.29, 1.82) is 0 Å². The van der Waals surface area contributed by atoms with Gasteiger partial charge in [0.25, 0.3) is 0 Å². The molecule has 186 valence electrons. The Morgan fingerprint density at radius 1 is 1.14 bits per heavy atom. The Kier molecular flexibility index (Phi) is 7.26. The van der Waals surface area contributed by atoms with Crippen LogP contribution in [0.25, 0.3) is 11.3 Å². The summed E-state index contributed by atoms with van der Waals surface area (Å²) in [6.07, 6.45) is 1.99. The van der Waals surface area contributed by atoms with E-state index < -0.39 is 17.6 Å². The van der Waals surface area contributed by atoms with E-state index in [0.717, 1.165) is 54.4 Å². The molecule has 3 aromatic rings. The van der Waals surface area contributed by atoms with Crippen LogP contribution in [-0.2, 0) is 17.5 Å². The molecule has 1 unspecified atom stereocenters. The van der Waals surface area contributed by atoms with Crippen LogP contribution in [0, 0.1) is 0 Å². The average Bonchev–Trinajstić information content (AvgIpc) is 3.47. The summed E-state index contributed by atoms with van der Waals surface area (Å²) in [4.78, 5) is 5.90. The predicted molar refractivity (Wildman–Crippen MR) is 130 cm³/mol. The molecule has 5 nitrogen and oxygen atoms in total. The van der Waals surface area contributed by atoms with Gasteiger partial charge in [-0.1, -0.05) is 30.3 Å². The summed E-state index contributed by atoms with van der Waals surface area (Å²) >= 11 is 0. The summed E-state index contributed by atoms with van der Waals surface area (Å²) in [5.74, 6) is -0.359. The number of methoxy groups -OCH3 is 1. The zero-order valence-corrected chi connectivity index (χ0v) is 20.1. The number of benzene rings is 2. The zero-order chi connectivity index (χ0) is 23.8. The summed E-state index contributed by atoms with van der Waals surface area (Å²) in [6.45, 7) is 3.01. The number of imidazole rings is 1. The van der Waals surface area contributed by atoms with Gasteiger partial charge in [0.15, 0.2) is 0 Å². The van der Waals surface area contributed by atoms with E-state index in [-0.39, 0.29) is 12.4 Å². The second-order valence-corrected chi connectivity index (χ2v) is 8.83. The van der Waals surface area contributed by atoms with E-state index in [1.807, 2.05) is 18.2 Å². The lowest BCUT2D eigenvalue weighted by molar-refractivity contribution is -0.145. The number of nitrogens with zero attached hydrogens (tertiary/aromatic N) is 3. The van der Waals surface area contributed by atoms with E-state index in [1.165, 1.54) is 11.8 Å². The van der Waals surface area contributed by atoms with Gasteiger partial charge >= 0.3 is 6.18 Å². The fourth-order valence-electron chi connectivity index (χ4n) is 4.95. The van der Waals surface area contributed by atoms with Crippen molar-refractivity contribution in [3.63, 3.8) is 0 Å². The number of piperidine rings is 1. The molecule has 0 N–H and O–H groups in total. The molecule has 0 aliphatic carbocycles. The normalized spacial score (nSPS) is 20.5. The van der Waals surface area contributed by atoms with Gasteiger partial charge < -0.3 is 9.47 Å². The van der Waals surface area contributed by atoms with Gasteiger partial charge in [-0.15, -0.1) is 12.4 Å². The first-order chi connectivity index (χ1) is 16.4. The minimum absolute atomic E-state index is 0. The molecule has 2 aliphatic heterocycles. The molecule has 0 saturated carbocycles. The Labute approximate surface area is 208 Å². The average molecular weight is 506 g/mol. The van der Waals surface area contributed by atoms with Gasteiger partial charge in [0.1, 0.15) is 11.4 Å². The number of hydrogen-bond acceptors (Lipinski definition) is 4. The van der Waals surface area contributed by atoms with Crippen molar-refractivity contribution < 1.29 is 22.6 Å². The van der Waals surface area contributed by atoms with Gasteiger partial charge in [-0.2, -0.15) is 13.2 Å². The Bertz CT molecular complexity index is 1200. The van der Waals surface area contributed by atoms with Crippen LogP contribution >= 0.6 is 12.4 Å². The molecule has 2 aliphatic rings. The maximum Gasteiger partial charge on any atom is 0.450 e. The van der Waals surface area contributed by atoms with Gasteiger partial charge in [-0.05, 0) is 54.8 Å². The topological polar surface area (TPSA) is 39.5 Å². The van der Waals surface area contributed by atoms with Gasteiger partial charge in [0.05, 0.1) is 13.7 Å². The van der Waals surface area contributed by atoms with Crippen molar-refractivity contribution >= 4 is 18.0 Å². The van der Waals surface area contributed by atoms with Crippen LogP contribution in [0.15, 0.2) is 67.0 Å². The Morgan fingerprint density at radius 3 is 2.69 bits per heavy atom. The van der Waals surface area contributed by atoms with Crippen molar-refractivity contribution in [2.45, 2.75) is 31.2 Å². The lowest BCUT2D eigenvalue weighted by Crippen LogP contribution is -2.46. The van der Waals surface area contributed by atoms with Crippen LogP contribution in [0.4, 0.5) is 13.2 Å². The third-order valence-electron chi connectivity index (χ3n) is 6.47. The van der Waals surface area contributed by atoms with Crippen molar-refractivity contribution in [3.8, 4) is 11.4 Å². The molecule has 1 fully saturated rings. The SMILES string of the molecule is COc1ccc(-n2ccnc2C(F)(F)F)cc1C1=CC2(CCCN(Cc3ccccc3)C2)OC1.Cl. The Balaban J connectivity index is 0.00000289. The third-order valence-corrected chi connectivity index (χ3v) is 6.47. The van der Waals surface area contributed by atoms with E-state index in [2.05, 4.69) is 28.1 Å². The van der Waals surface area contributed by atoms with Crippen molar-refractivity contribution in [2.24, 2.45) is 0 Å². The lowest BCUT2D eigenvalue weighted by atomic mass is 9.90. The van der Waals surface area contributed by atoms with Crippen LogP contribution in [0.3, 0.4) is 0 Å². The Morgan fingerprint density at radius 2 is 1.94 bits per heavy atom. The van der Waals surface area contributed by atoms with E-state index in [0.29, 0.717) is 18.0 Å². The molecule has 5 rings (SSSR count). The summed E-state index contributed by atoms with van der Waals surface area (Å²) in [7, 11) is 1.56. The molecule has 0 bridgehead atoms. The second-order valence-electron chi connectivity index (χ2n) is 8.83. The van der Waals surface area contributed by atoms with E-state index in [9.17, 15) is 13.2 Å². The maximum atomic E-state index is 13.4. The monoisotopic (exact) mass is 505 g/mol. The molecule has 0 amide bonds. The number of rotatable bonds is 5. The highest BCUT2D eigenvalue weighted by Crippen LogP contribution is 2.40. The fraction of sp³-hybridized carbons (Fsp3) is 0.346. The number of likely N-dealkylation sites (tertiary alicyclic amines) is 1. The minimum Gasteiger partial charge on any atom is -0.496 e. The highest BCUT2D eigenvalue weighted by Gasteiger charge is 2.40. The van der Waals surface area contributed by atoms with Gasteiger partial charge in [-0.3, -0.25) is 9.47 Å². The molecule has 9 heteroatoms. The number of hydrogen-bond donors (Lipinski definition) is 0. The molecule has 1 atom stereocenters. The third kappa shape index (κ3) is 5.24. The minimum atomic E-state index is -4.55. The summed E-state index contributed by atoms with van der Waals surface area (Å²) in [6, 6.07) is 15.4. The molecule has 3 heterocycles. The first kappa shape index (κ1) is 25.3. The number of ether oxygens (including phenoxy) is 2. The van der Waals surface area contributed by atoms with Crippen molar-refractivity contribution in [2.75, 3.05) is 26.8 Å². The van der Waals surface area contributed by atoms with Gasteiger partial charge in [0.2, 0.25) is 5.82 Å². The van der Waals surface area contributed by atoms with E-state index in [4.69, 9.17) is 9.47 Å². The van der Waals surface area contributed by atoms with Crippen LogP contribution in [0.1, 0.15) is 29.8 Å². The fourth-order valence-corrected chi connectivity index (χ4v) is 4.95. The summed E-state index contributed by atoms with van der Waals surface area (Å²) in [5.41, 5.74) is 2.89.